The molecule has 1 heterocycles. The van der Waals surface area contributed by atoms with Gasteiger partial charge in [0.1, 0.15) is 5.25 Å². The lowest BCUT2D eigenvalue weighted by Crippen LogP contribution is -2.32. The minimum Gasteiger partial charge on any atom is -0.311 e. The molecule has 18 heavy (non-hydrogen) atoms. The van der Waals surface area contributed by atoms with Crippen LogP contribution >= 0.6 is 23.2 Å². The number of nitrogens with zero attached hydrogens (tertiary/aromatic N) is 1. The first-order valence-corrected chi connectivity index (χ1v) is 7.42. The molecule has 1 unspecified atom stereocenters. The molecule has 1 aromatic carbocycles. The minimum absolute atomic E-state index is 0.0222. The Morgan fingerprint density at radius 3 is 2.22 bits per heavy atom. The van der Waals surface area contributed by atoms with Crippen molar-refractivity contribution in [2.45, 2.75) is 11.7 Å². The van der Waals surface area contributed by atoms with Crippen LogP contribution in [0.2, 0.25) is 10.0 Å². The molecule has 0 bridgehead atoms. The smallest absolute Gasteiger partial charge is 0.228 e. The van der Waals surface area contributed by atoms with E-state index in [1.807, 2.05) is 0 Å². The fourth-order valence-corrected chi connectivity index (χ4v) is 3.09. The lowest BCUT2D eigenvalue weighted by Gasteiger charge is -2.17. The number of amides is 1. The first kappa shape index (κ1) is 13.6. The van der Waals surface area contributed by atoms with Crippen molar-refractivity contribution in [1.82, 2.24) is 0 Å². The summed E-state index contributed by atoms with van der Waals surface area (Å²) >= 11 is 11.7. The molecule has 0 saturated carbocycles. The second-order valence-corrected chi connectivity index (χ2v) is 6.76. The predicted octanol–water partition coefficient (Wildman–Crippen LogP) is 1.39. The molecule has 98 valence electrons. The molecular formula is C10H10Cl2N2O3S. The molecule has 1 saturated heterocycles. The lowest BCUT2D eigenvalue weighted by molar-refractivity contribution is -0.117. The molecule has 1 fully saturated rings. The number of anilines is 1. The van der Waals surface area contributed by atoms with Crippen LogP contribution < -0.4 is 10.0 Å². The summed E-state index contributed by atoms with van der Waals surface area (Å²) in [6.45, 7) is 0.0222. The molecule has 8 heteroatoms. The van der Waals surface area contributed by atoms with Gasteiger partial charge in [-0.2, -0.15) is 0 Å². The van der Waals surface area contributed by atoms with Crippen LogP contribution in [-0.4, -0.2) is 26.1 Å². The predicted molar refractivity (Wildman–Crippen MR) is 70.3 cm³/mol. The van der Waals surface area contributed by atoms with Crippen LogP contribution in [0.5, 0.6) is 0 Å². The van der Waals surface area contributed by atoms with E-state index < -0.39 is 15.3 Å². The summed E-state index contributed by atoms with van der Waals surface area (Å²) in [5.74, 6) is -0.313. The summed E-state index contributed by atoms with van der Waals surface area (Å²) in [5, 5.41) is 4.92. The Balaban J connectivity index is 2.32. The van der Waals surface area contributed by atoms with E-state index in [4.69, 9.17) is 28.3 Å². The van der Waals surface area contributed by atoms with Gasteiger partial charge in [0, 0.05) is 28.7 Å². The Morgan fingerprint density at radius 1 is 1.22 bits per heavy atom. The van der Waals surface area contributed by atoms with Gasteiger partial charge in [0.05, 0.1) is 0 Å². The lowest BCUT2D eigenvalue weighted by atomic mass is 10.3. The number of sulfonamides is 1. The number of halogens is 2. The van der Waals surface area contributed by atoms with E-state index in [1.54, 1.807) is 12.1 Å². The van der Waals surface area contributed by atoms with E-state index >= 15 is 0 Å². The maximum atomic E-state index is 11.8. The van der Waals surface area contributed by atoms with E-state index in [2.05, 4.69) is 0 Å². The van der Waals surface area contributed by atoms with E-state index in [0.717, 1.165) is 0 Å². The van der Waals surface area contributed by atoms with Gasteiger partial charge in [0.2, 0.25) is 15.9 Å². The summed E-state index contributed by atoms with van der Waals surface area (Å²) in [6, 6.07) is 4.64. The summed E-state index contributed by atoms with van der Waals surface area (Å²) < 4.78 is 22.5. The van der Waals surface area contributed by atoms with Crippen molar-refractivity contribution >= 4 is 44.8 Å². The second-order valence-electron chi connectivity index (χ2n) is 4.05. The largest absolute Gasteiger partial charge is 0.311 e. The third-order valence-corrected chi connectivity index (χ3v) is 4.39. The molecule has 1 amide bonds. The number of carbonyl (C=O) groups is 1. The third-order valence-electron chi connectivity index (χ3n) is 2.71. The van der Waals surface area contributed by atoms with Gasteiger partial charge in [-0.05, 0) is 18.2 Å². The topological polar surface area (TPSA) is 80.5 Å². The zero-order valence-electron chi connectivity index (χ0n) is 9.14. The molecular weight excluding hydrogens is 299 g/mol. The SMILES string of the molecule is NS(=O)(=O)C1CC(=O)N(c2cc(Cl)cc(Cl)c2)C1. The summed E-state index contributed by atoms with van der Waals surface area (Å²) in [6.07, 6.45) is -0.122. The minimum atomic E-state index is -3.73. The maximum Gasteiger partial charge on any atom is 0.228 e. The molecule has 1 aliphatic heterocycles. The fraction of sp³-hybridized carbons (Fsp3) is 0.300. The first-order valence-electron chi connectivity index (χ1n) is 5.05. The van der Waals surface area contributed by atoms with Gasteiger partial charge < -0.3 is 4.90 Å². The number of carbonyl (C=O) groups excluding carboxylic acids is 1. The molecule has 1 aliphatic rings. The van der Waals surface area contributed by atoms with Gasteiger partial charge >= 0.3 is 0 Å². The van der Waals surface area contributed by atoms with Gasteiger partial charge in [-0.15, -0.1) is 0 Å². The average molecular weight is 309 g/mol. The number of hydrogen-bond donors (Lipinski definition) is 1. The Kier molecular flexibility index (Phi) is 3.55. The Morgan fingerprint density at radius 2 is 1.78 bits per heavy atom. The van der Waals surface area contributed by atoms with Crippen molar-refractivity contribution < 1.29 is 13.2 Å². The Bertz CT molecular complexity index is 583. The van der Waals surface area contributed by atoms with Crippen LogP contribution in [0.3, 0.4) is 0 Å². The highest BCUT2D eigenvalue weighted by atomic mass is 35.5. The summed E-state index contributed by atoms with van der Waals surface area (Å²) in [4.78, 5) is 13.1. The van der Waals surface area contributed by atoms with Crippen LogP contribution in [0.4, 0.5) is 5.69 Å². The van der Waals surface area contributed by atoms with E-state index in [9.17, 15) is 13.2 Å². The van der Waals surface area contributed by atoms with Crippen molar-refractivity contribution in [2.24, 2.45) is 5.14 Å². The monoisotopic (exact) mass is 308 g/mol. The molecule has 5 nitrogen and oxygen atoms in total. The van der Waals surface area contributed by atoms with Crippen LogP contribution in [0.1, 0.15) is 6.42 Å². The second kappa shape index (κ2) is 4.70. The number of nitrogens with two attached hydrogens (primary N) is 1. The number of benzene rings is 1. The first-order chi connectivity index (χ1) is 8.27. The van der Waals surface area contributed by atoms with Crippen LogP contribution in [0, 0.1) is 0 Å². The highest BCUT2D eigenvalue weighted by molar-refractivity contribution is 7.89. The van der Waals surface area contributed by atoms with Crippen molar-refractivity contribution in [3.63, 3.8) is 0 Å². The van der Waals surface area contributed by atoms with E-state index in [1.165, 1.54) is 11.0 Å². The average Bonchev–Trinajstić information content (AvgIpc) is 2.58. The van der Waals surface area contributed by atoms with Gasteiger partial charge in [-0.1, -0.05) is 23.2 Å². The highest BCUT2D eigenvalue weighted by Crippen LogP contribution is 2.29. The van der Waals surface area contributed by atoms with Crippen molar-refractivity contribution in [3.05, 3.63) is 28.2 Å². The standard InChI is InChI=1S/C10H10Cl2N2O3S/c11-6-1-7(12)3-8(2-6)14-5-9(4-10(14)15)18(13,16)17/h1-3,9H,4-5H2,(H2,13,16,17). The van der Waals surface area contributed by atoms with Gasteiger partial charge in [-0.3, -0.25) is 4.79 Å². The van der Waals surface area contributed by atoms with Crippen molar-refractivity contribution in [3.8, 4) is 0 Å². The van der Waals surface area contributed by atoms with Crippen molar-refractivity contribution in [1.29, 1.82) is 0 Å². The zero-order chi connectivity index (χ0) is 13.5. The number of hydrogen-bond acceptors (Lipinski definition) is 3. The van der Waals surface area contributed by atoms with Crippen molar-refractivity contribution in [2.75, 3.05) is 11.4 Å². The molecule has 0 aromatic heterocycles. The van der Waals surface area contributed by atoms with E-state index in [0.29, 0.717) is 15.7 Å². The molecule has 0 radical (unpaired) electrons. The van der Waals surface area contributed by atoms with Gasteiger partial charge in [0.15, 0.2) is 0 Å². The maximum absolute atomic E-state index is 11.8. The molecule has 0 spiro atoms. The highest BCUT2D eigenvalue weighted by Gasteiger charge is 2.37. The fourth-order valence-electron chi connectivity index (χ4n) is 1.84. The molecule has 1 atom stereocenters. The molecule has 2 N–H and O–H groups in total. The van der Waals surface area contributed by atoms with Gasteiger partial charge in [0.25, 0.3) is 0 Å². The third kappa shape index (κ3) is 2.77. The Hall–Kier alpha value is -0.820. The Labute approximate surface area is 115 Å². The number of primary sulfonamides is 1. The van der Waals surface area contributed by atoms with Crippen LogP contribution in [0.25, 0.3) is 0 Å². The van der Waals surface area contributed by atoms with Crippen LogP contribution in [-0.2, 0) is 14.8 Å². The molecule has 2 rings (SSSR count). The zero-order valence-corrected chi connectivity index (χ0v) is 11.5. The molecule has 1 aromatic rings. The number of rotatable bonds is 2. The molecule has 0 aliphatic carbocycles. The quantitative estimate of drug-likeness (QED) is 0.896. The van der Waals surface area contributed by atoms with Gasteiger partial charge in [-0.25, -0.2) is 13.6 Å². The van der Waals surface area contributed by atoms with E-state index in [-0.39, 0.29) is 18.9 Å². The summed E-state index contributed by atoms with van der Waals surface area (Å²) in [5.41, 5.74) is 0.476. The normalized spacial score (nSPS) is 20.5. The van der Waals surface area contributed by atoms with Crippen LogP contribution in [0.15, 0.2) is 18.2 Å². The summed E-state index contributed by atoms with van der Waals surface area (Å²) in [7, 11) is -3.73.